The van der Waals surface area contributed by atoms with Gasteiger partial charge in [0.2, 0.25) is 11.8 Å². The van der Waals surface area contributed by atoms with Gasteiger partial charge >= 0.3 is 0 Å². The molecule has 1 aliphatic carbocycles. The molecule has 0 amide bonds. The second-order valence-corrected chi connectivity index (χ2v) is 8.52. The quantitative estimate of drug-likeness (QED) is 0.673. The minimum absolute atomic E-state index is 0.0612. The normalized spacial score (nSPS) is 19.5. The van der Waals surface area contributed by atoms with E-state index in [1.807, 2.05) is 12.1 Å². The van der Waals surface area contributed by atoms with Crippen LogP contribution < -0.4 is 10.6 Å². The van der Waals surface area contributed by atoms with Crippen molar-refractivity contribution in [3.8, 4) is 0 Å². The Bertz CT molecular complexity index is 1060. The van der Waals surface area contributed by atoms with E-state index in [4.69, 9.17) is 21.8 Å². The van der Waals surface area contributed by atoms with E-state index in [2.05, 4.69) is 25.9 Å². The average Bonchev–Trinajstić information content (AvgIpc) is 3.46. The molecule has 2 aliphatic rings. The SMILES string of the molecule is CC(O)(c1ccc2c(c1)N(c1nc(N)ncc1Cl)CC21CCCC1)c1ncco1. The van der Waals surface area contributed by atoms with E-state index in [0.717, 1.165) is 25.1 Å². The summed E-state index contributed by atoms with van der Waals surface area (Å²) in [6.45, 7) is 2.46. The molecule has 1 spiro atoms. The maximum atomic E-state index is 11.1. The molecule has 1 aromatic carbocycles. The Hall–Kier alpha value is -2.64. The molecular weight excluding hydrogens is 390 g/mol. The number of anilines is 3. The Labute approximate surface area is 173 Å². The van der Waals surface area contributed by atoms with Crippen LogP contribution in [0, 0.1) is 0 Å². The van der Waals surface area contributed by atoms with E-state index in [9.17, 15) is 5.11 Å². The number of hydrogen-bond donors (Lipinski definition) is 2. The van der Waals surface area contributed by atoms with E-state index in [1.54, 1.807) is 6.92 Å². The smallest absolute Gasteiger partial charge is 0.230 e. The summed E-state index contributed by atoms with van der Waals surface area (Å²) in [6, 6.07) is 6.07. The van der Waals surface area contributed by atoms with Gasteiger partial charge in [0, 0.05) is 17.6 Å². The summed E-state index contributed by atoms with van der Waals surface area (Å²) in [6.07, 6.45) is 9.14. The van der Waals surface area contributed by atoms with Crippen molar-refractivity contribution in [1.29, 1.82) is 0 Å². The number of aliphatic hydroxyl groups is 1. The highest BCUT2D eigenvalue weighted by atomic mass is 35.5. The number of fused-ring (bicyclic) bond motifs is 2. The first-order valence-electron chi connectivity index (χ1n) is 9.74. The van der Waals surface area contributed by atoms with Gasteiger partial charge in [-0.15, -0.1) is 0 Å². The minimum Gasteiger partial charge on any atom is -0.446 e. The second-order valence-electron chi connectivity index (χ2n) is 8.11. The van der Waals surface area contributed by atoms with Gasteiger partial charge in [-0.1, -0.05) is 36.6 Å². The molecule has 3 N–H and O–H groups in total. The molecule has 1 aliphatic heterocycles. The van der Waals surface area contributed by atoms with Gasteiger partial charge in [0.05, 0.1) is 12.4 Å². The Morgan fingerprint density at radius 1 is 1.28 bits per heavy atom. The van der Waals surface area contributed by atoms with Gasteiger partial charge in [-0.25, -0.2) is 9.97 Å². The van der Waals surface area contributed by atoms with Crippen molar-refractivity contribution in [3.63, 3.8) is 0 Å². The summed E-state index contributed by atoms with van der Waals surface area (Å²) < 4.78 is 5.38. The van der Waals surface area contributed by atoms with Crippen LogP contribution in [0.3, 0.4) is 0 Å². The monoisotopic (exact) mass is 411 g/mol. The fraction of sp³-hybridized carbons (Fsp3) is 0.381. The van der Waals surface area contributed by atoms with Gasteiger partial charge in [-0.3, -0.25) is 0 Å². The summed E-state index contributed by atoms with van der Waals surface area (Å²) >= 11 is 6.45. The number of halogens is 1. The largest absolute Gasteiger partial charge is 0.446 e. The fourth-order valence-electron chi connectivity index (χ4n) is 4.80. The molecule has 1 unspecified atom stereocenters. The van der Waals surface area contributed by atoms with Crippen molar-refractivity contribution < 1.29 is 9.52 Å². The van der Waals surface area contributed by atoms with E-state index in [1.165, 1.54) is 37.1 Å². The second kappa shape index (κ2) is 6.43. The summed E-state index contributed by atoms with van der Waals surface area (Å²) in [5, 5.41) is 11.6. The van der Waals surface area contributed by atoms with Crippen LogP contribution in [0.5, 0.6) is 0 Å². The lowest BCUT2D eigenvalue weighted by atomic mass is 9.80. The van der Waals surface area contributed by atoms with E-state index < -0.39 is 5.60 Å². The number of aromatic nitrogens is 3. The van der Waals surface area contributed by atoms with Gasteiger partial charge in [-0.2, -0.15) is 4.98 Å². The number of rotatable bonds is 3. The van der Waals surface area contributed by atoms with Crippen molar-refractivity contribution >= 4 is 29.1 Å². The first-order chi connectivity index (χ1) is 13.9. The van der Waals surface area contributed by atoms with Gasteiger partial charge in [-0.05, 0) is 37.0 Å². The van der Waals surface area contributed by atoms with Crippen LogP contribution in [-0.2, 0) is 11.0 Å². The maximum Gasteiger partial charge on any atom is 0.230 e. The van der Waals surface area contributed by atoms with Crippen LogP contribution in [-0.4, -0.2) is 26.6 Å². The zero-order valence-electron chi connectivity index (χ0n) is 16.1. The first kappa shape index (κ1) is 18.4. The Kier molecular flexibility index (Phi) is 4.08. The lowest BCUT2D eigenvalue weighted by molar-refractivity contribution is 0.0708. The first-order valence-corrected chi connectivity index (χ1v) is 10.1. The standard InChI is InChI=1S/C21H22ClN5O2/c1-20(28,18-24-8-9-29-18)13-4-5-14-16(10-13)27(12-21(14)6-2-3-7-21)17-15(22)11-25-19(23)26-17/h4-5,8-11,28H,2-3,6-7,12H2,1H3,(H2,23,25,26). The van der Waals surface area contributed by atoms with Gasteiger partial charge < -0.3 is 20.2 Å². The van der Waals surface area contributed by atoms with Crippen LogP contribution in [0.2, 0.25) is 5.02 Å². The summed E-state index contributed by atoms with van der Waals surface area (Å²) in [5.41, 5.74) is 7.49. The molecule has 7 nitrogen and oxygen atoms in total. The van der Waals surface area contributed by atoms with Crippen molar-refractivity contribution in [2.24, 2.45) is 0 Å². The van der Waals surface area contributed by atoms with Gasteiger partial charge in [0.15, 0.2) is 11.4 Å². The number of nitrogen functional groups attached to an aromatic ring is 1. The molecule has 150 valence electrons. The maximum absolute atomic E-state index is 11.1. The number of oxazole rings is 1. The highest BCUT2D eigenvalue weighted by Crippen LogP contribution is 2.53. The molecule has 1 saturated carbocycles. The zero-order valence-corrected chi connectivity index (χ0v) is 16.9. The van der Waals surface area contributed by atoms with E-state index >= 15 is 0 Å². The number of benzene rings is 1. The third kappa shape index (κ3) is 2.80. The molecule has 8 heteroatoms. The fourth-order valence-corrected chi connectivity index (χ4v) is 4.99. The van der Waals surface area contributed by atoms with Crippen LogP contribution in [0.25, 0.3) is 0 Å². The summed E-state index contributed by atoms with van der Waals surface area (Å²) in [4.78, 5) is 14.7. The van der Waals surface area contributed by atoms with Crippen molar-refractivity contribution in [3.05, 3.63) is 58.9 Å². The molecule has 1 atom stereocenters. The third-order valence-electron chi connectivity index (χ3n) is 6.29. The zero-order chi connectivity index (χ0) is 20.2. The minimum atomic E-state index is -1.36. The van der Waals surface area contributed by atoms with Crippen molar-refractivity contribution in [2.45, 2.75) is 43.6 Å². The molecule has 0 bridgehead atoms. The predicted octanol–water partition coefficient (Wildman–Crippen LogP) is 3.92. The Morgan fingerprint density at radius 3 is 2.79 bits per heavy atom. The number of nitrogens with zero attached hydrogens (tertiary/aromatic N) is 4. The molecule has 5 rings (SSSR count). The van der Waals surface area contributed by atoms with Crippen LogP contribution in [0.4, 0.5) is 17.5 Å². The molecule has 3 aromatic rings. The molecule has 29 heavy (non-hydrogen) atoms. The lowest BCUT2D eigenvalue weighted by Gasteiger charge is -2.25. The number of hydrogen-bond acceptors (Lipinski definition) is 7. The van der Waals surface area contributed by atoms with E-state index in [0.29, 0.717) is 16.4 Å². The molecule has 3 heterocycles. The molecule has 2 aromatic heterocycles. The Morgan fingerprint density at radius 2 is 2.07 bits per heavy atom. The third-order valence-corrected chi connectivity index (χ3v) is 6.56. The highest BCUT2D eigenvalue weighted by Gasteiger charge is 2.46. The Balaban J connectivity index is 1.67. The predicted molar refractivity (Wildman–Crippen MR) is 110 cm³/mol. The molecule has 0 radical (unpaired) electrons. The lowest BCUT2D eigenvalue weighted by Crippen LogP contribution is -2.29. The average molecular weight is 412 g/mol. The van der Waals surface area contributed by atoms with Crippen molar-refractivity contribution in [2.75, 3.05) is 17.2 Å². The highest BCUT2D eigenvalue weighted by molar-refractivity contribution is 6.33. The molecule has 1 fully saturated rings. The van der Waals surface area contributed by atoms with Crippen LogP contribution in [0.15, 0.2) is 41.3 Å². The van der Waals surface area contributed by atoms with E-state index in [-0.39, 0.29) is 17.3 Å². The van der Waals surface area contributed by atoms with Gasteiger partial charge in [0.1, 0.15) is 11.3 Å². The van der Waals surface area contributed by atoms with Crippen molar-refractivity contribution in [1.82, 2.24) is 15.0 Å². The summed E-state index contributed by atoms with van der Waals surface area (Å²) in [5.74, 6) is 1.03. The van der Waals surface area contributed by atoms with Crippen LogP contribution >= 0.6 is 11.6 Å². The van der Waals surface area contributed by atoms with Crippen LogP contribution in [0.1, 0.15) is 49.6 Å². The molecule has 0 saturated heterocycles. The molecular formula is C21H22ClN5O2. The topological polar surface area (TPSA) is 101 Å². The number of nitrogens with two attached hydrogens (primary N) is 1. The summed E-state index contributed by atoms with van der Waals surface area (Å²) in [7, 11) is 0. The van der Waals surface area contributed by atoms with Gasteiger partial charge in [0.25, 0.3) is 0 Å².